The number of likely N-dealkylation sites (tertiary alicyclic amines) is 1. The molecule has 0 unspecified atom stereocenters. The molecule has 160 valence electrons. The van der Waals surface area contributed by atoms with E-state index in [1.165, 1.54) is 11.1 Å². The number of morpholine rings is 1. The van der Waals surface area contributed by atoms with Gasteiger partial charge in [-0.1, -0.05) is 12.1 Å². The number of H-pyrrole nitrogens is 1. The highest BCUT2D eigenvalue weighted by Crippen LogP contribution is 2.29. The van der Waals surface area contributed by atoms with Crippen molar-refractivity contribution in [3.8, 4) is 5.75 Å². The molecule has 0 radical (unpaired) electrons. The van der Waals surface area contributed by atoms with Crippen LogP contribution >= 0.6 is 0 Å². The van der Waals surface area contributed by atoms with E-state index in [2.05, 4.69) is 33.3 Å². The number of hydrogen-bond donors (Lipinski definition) is 1. The smallest absolute Gasteiger partial charge is 0.257 e. The highest BCUT2D eigenvalue weighted by atomic mass is 16.5. The summed E-state index contributed by atoms with van der Waals surface area (Å²) in [4.78, 5) is 17.4. The third-order valence-corrected chi connectivity index (χ3v) is 6.58. The van der Waals surface area contributed by atoms with Crippen LogP contribution in [0, 0.1) is 0 Å². The molecule has 0 spiro atoms. The van der Waals surface area contributed by atoms with Gasteiger partial charge in [0.1, 0.15) is 5.75 Å². The zero-order valence-corrected chi connectivity index (χ0v) is 17.4. The van der Waals surface area contributed by atoms with Crippen molar-refractivity contribution < 1.29 is 14.3 Å². The average molecular weight is 411 g/mol. The van der Waals surface area contributed by atoms with Crippen LogP contribution in [0.2, 0.25) is 0 Å². The van der Waals surface area contributed by atoms with Gasteiger partial charge in [0.15, 0.2) is 0 Å². The van der Waals surface area contributed by atoms with Gasteiger partial charge in [-0.2, -0.15) is 5.10 Å². The number of nitrogens with one attached hydrogen (secondary N) is 1. The van der Waals surface area contributed by atoms with E-state index in [9.17, 15) is 4.79 Å². The summed E-state index contributed by atoms with van der Waals surface area (Å²) in [5, 5.41) is 7.38. The Bertz CT molecular complexity index is 890. The van der Waals surface area contributed by atoms with Gasteiger partial charge in [-0.15, -0.1) is 0 Å². The van der Waals surface area contributed by atoms with Crippen LogP contribution in [-0.2, 0) is 17.6 Å². The summed E-state index contributed by atoms with van der Waals surface area (Å²) in [6.45, 7) is 6.48. The third kappa shape index (κ3) is 4.09. The fourth-order valence-corrected chi connectivity index (χ4v) is 4.89. The predicted octanol–water partition coefficient (Wildman–Crippen LogP) is 2.24. The first-order valence-electron chi connectivity index (χ1n) is 11.1. The second-order valence-electron chi connectivity index (χ2n) is 8.53. The highest BCUT2D eigenvalue weighted by Gasteiger charge is 2.29. The van der Waals surface area contributed by atoms with Crippen LogP contribution in [0.5, 0.6) is 5.75 Å². The molecule has 0 aliphatic carbocycles. The van der Waals surface area contributed by atoms with Crippen molar-refractivity contribution >= 4 is 5.91 Å². The van der Waals surface area contributed by atoms with Crippen LogP contribution in [0.4, 0.5) is 0 Å². The Kier molecular flexibility index (Phi) is 5.73. The number of aromatic amines is 1. The number of rotatable bonds is 5. The number of amides is 1. The van der Waals surface area contributed by atoms with E-state index in [4.69, 9.17) is 9.47 Å². The van der Waals surface area contributed by atoms with E-state index < -0.39 is 0 Å². The number of piperidine rings is 1. The van der Waals surface area contributed by atoms with Crippen molar-refractivity contribution in [3.63, 3.8) is 0 Å². The topological polar surface area (TPSA) is 70.7 Å². The van der Waals surface area contributed by atoms with Gasteiger partial charge in [0.2, 0.25) is 0 Å². The summed E-state index contributed by atoms with van der Waals surface area (Å²) in [5.41, 5.74) is 4.46. The summed E-state index contributed by atoms with van der Waals surface area (Å²) in [6.07, 6.45) is 6.02. The van der Waals surface area contributed by atoms with Crippen LogP contribution in [-0.4, -0.2) is 78.4 Å². The first kappa shape index (κ1) is 19.6. The zero-order chi connectivity index (χ0) is 20.3. The van der Waals surface area contributed by atoms with Crippen LogP contribution < -0.4 is 4.74 Å². The van der Waals surface area contributed by atoms with Crippen molar-refractivity contribution in [2.75, 3.05) is 52.5 Å². The summed E-state index contributed by atoms with van der Waals surface area (Å²) >= 11 is 0. The van der Waals surface area contributed by atoms with Gasteiger partial charge in [-0.25, -0.2) is 0 Å². The Labute approximate surface area is 177 Å². The molecule has 1 amide bonds. The van der Waals surface area contributed by atoms with Crippen molar-refractivity contribution in [2.45, 2.75) is 31.6 Å². The average Bonchev–Trinajstić information content (AvgIpc) is 3.47. The van der Waals surface area contributed by atoms with Gasteiger partial charge in [0, 0.05) is 38.5 Å². The zero-order valence-electron chi connectivity index (χ0n) is 17.4. The Morgan fingerprint density at radius 1 is 1.20 bits per heavy atom. The van der Waals surface area contributed by atoms with E-state index in [-0.39, 0.29) is 5.91 Å². The molecule has 0 saturated carbocycles. The maximum atomic E-state index is 13.0. The summed E-state index contributed by atoms with van der Waals surface area (Å²) in [5.74, 6) is 1.46. The lowest BCUT2D eigenvalue weighted by atomic mass is 9.92. The fraction of sp³-hybridized carbons (Fsp3) is 0.565. The Morgan fingerprint density at radius 3 is 3.00 bits per heavy atom. The predicted molar refractivity (Wildman–Crippen MR) is 113 cm³/mol. The van der Waals surface area contributed by atoms with Crippen LogP contribution in [0.15, 0.2) is 24.4 Å². The van der Waals surface area contributed by atoms with E-state index in [0.29, 0.717) is 32.2 Å². The lowest BCUT2D eigenvalue weighted by Crippen LogP contribution is -2.41. The highest BCUT2D eigenvalue weighted by molar-refractivity contribution is 5.95. The molecule has 1 aromatic heterocycles. The molecule has 1 N–H and O–H groups in total. The van der Waals surface area contributed by atoms with Crippen molar-refractivity contribution in [2.24, 2.45) is 0 Å². The second-order valence-corrected chi connectivity index (χ2v) is 8.53. The number of carbonyl (C=O) groups excluding carboxylic acids is 1. The first-order valence-corrected chi connectivity index (χ1v) is 11.1. The number of hydrogen-bond acceptors (Lipinski definition) is 5. The molecule has 1 aromatic carbocycles. The van der Waals surface area contributed by atoms with E-state index in [1.807, 2.05) is 4.90 Å². The van der Waals surface area contributed by atoms with E-state index in [1.54, 1.807) is 6.20 Å². The monoisotopic (exact) mass is 410 g/mol. The first-order chi connectivity index (χ1) is 14.8. The standard InChI is InChI=1S/C23H30N4O3/c28-23(27-9-12-29-13-10-27)20-15-24-25-22(20)19-2-1-7-26(16-19)8-5-17-3-4-21-18(14-17)6-11-30-21/h3-4,14-15,19H,1-2,5-13,16H2,(H,24,25)/t19-/m0/s1. The molecule has 1 atom stereocenters. The summed E-state index contributed by atoms with van der Waals surface area (Å²) < 4.78 is 11.0. The summed E-state index contributed by atoms with van der Waals surface area (Å²) in [7, 11) is 0. The minimum atomic E-state index is 0.0829. The molecule has 7 nitrogen and oxygen atoms in total. The molecular weight excluding hydrogens is 380 g/mol. The van der Waals surface area contributed by atoms with Crippen LogP contribution in [0.3, 0.4) is 0 Å². The normalized spacial score (nSPS) is 22.0. The number of ether oxygens (including phenoxy) is 2. The van der Waals surface area contributed by atoms with Crippen LogP contribution in [0.25, 0.3) is 0 Å². The fourth-order valence-electron chi connectivity index (χ4n) is 4.89. The van der Waals surface area contributed by atoms with Gasteiger partial charge in [-0.3, -0.25) is 9.89 Å². The van der Waals surface area contributed by atoms with Crippen molar-refractivity contribution in [3.05, 3.63) is 46.8 Å². The molecule has 2 aromatic rings. The molecule has 3 aliphatic heterocycles. The lowest BCUT2D eigenvalue weighted by Gasteiger charge is -2.33. The molecular formula is C23H30N4O3. The van der Waals surface area contributed by atoms with Gasteiger partial charge in [0.05, 0.1) is 37.3 Å². The molecule has 4 heterocycles. The quantitative estimate of drug-likeness (QED) is 0.819. The van der Waals surface area contributed by atoms with Crippen molar-refractivity contribution in [1.29, 1.82) is 0 Å². The minimum Gasteiger partial charge on any atom is -0.493 e. The minimum absolute atomic E-state index is 0.0829. The van der Waals surface area contributed by atoms with Gasteiger partial charge in [0.25, 0.3) is 5.91 Å². The number of nitrogens with zero attached hydrogens (tertiary/aromatic N) is 3. The van der Waals surface area contributed by atoms with E-state index >= 15 is 0 Å². The molecule has 0 bridgehead atoms. The summed E-state index contributed by atoms with van der Waals surface area (Å²) in [6, 6.07) is 6.61. The molecule has 2 fully saturated rings. The number of aromatic nitrogens is 2. The largest absolute Gasteiger partial charge is 0.493 e. The second kappa shape index (κ2) is 8.78. The maximum absolute atomic E-state index is 13.0. The Morgan fingerprint density at radius 2 is 2.10 bits per heavy atom. The van der Waals surface area contributed by atoms with E-state index in [0.717, 1.165) is 68.9 Å². The SMILES string of the molecule is O=C(c1cn[nH]c1[C@H]1CCCN(CCc2ccc3c(c2)CCO3)C1)N1CCOCC1. The van der Waals surface area contributed by atoms with Crippen LogP contribution in [0.1, 0.15) is 45.9 Å². The lowest BCUT2D eigenvalue weighted by molar-refractivity contribution is 0.0301. The maximum Gasteiger partial charge on any atom is 0.257 e. The molecule has 30 heavy (non-hydrogen) atoms. The van der Waals surface area contributed by atoms with Gasteiger partial charge < -0.3 is 19.3 Å². The Balaban J connectivity index is 1.22. The molecule has 7 heteroatoms. The number of carbonyl (C=O) groups is 1. The van der Waals surface area contributed by atoms with Gasteiger partial charge in [-0.05, 0) is 43.0 Å². The molecule has 5 rings (SSSR count). The number of fused-ring (bicyclic) bond motifs is 1. The Hall–Kier alpha value is -2.38. The van der Waals surface area contributed by atoms with Crippen molar-refractivity contribution in [1.82, 2.24) is 20.0 Å². The van der Waals surface area contributed by atoms with Gasteiger partial charge >= 0.3 is 0 Å². The number of benzene rings is 1. The third-order valence-electron chi connectivity index (χ3n) is 6.58. The molecule has 2 saturated heterocycles. The molecule has 3 aliphatic rings.